The smallest absolute Gasteiger partial charge is 0.407 e. The largest absolute Gasteiger partial charge is 0.444 e. The van der Waals surface area contributed by atoms with Crippen molar-refractivity contribution in [3.63, 3.8) is 0 Å². The highest BCUT2D eigenvalue weighted by Crippen LogP contribution is 2.09. The zero-order chi connectivity index (χ0) is 15.3. The number of alkyl carbamates (subject to hydrolysis) is 1. The van der Waals surface area contributed by atoms with Gasteiger partial charge in [-0.25, -0.2) is 4.79 Å². The highest BCUT2D eigenvalue weighted by molar-refractivity contribution is 5.68. The van der Waals surface area contributed by atoms with E-state index >= 15 is 0 Å². The summed E-state index contributed by atoms with van der Waals surface area (Å²) in [6.07, 6.45) is 3.83. The molecule has 4 heteroatoms. The molecule has 2 N–H and O–H groups in total. The Bertz CT molecular complexity index is 213. The summed E-state index contributed by atoms with van der Waals surface area (Å²) in [4.78, 5) is 11.6. The van der Waals surface area contributed by atoms with E-state index < -0.39 is 5.60 Å². The first kappa shape index (κ1) is 20.5. The fraction of sp³-hybridized carbons (Fsp3) is 0.933. The molecular formula is C15H34N2O2. The van der Waals surface area contributed by atoms with Gasteiger partial charge < -0.3 is 15.4 Å². The number of hydrogen-bond donors (Lipinski definition) is 2. The van der Waals surface area contributed by atoms with E-state index in [0.717, 1.165) is 32.2 Å². The summed E-state index contributed by atoms with van der Waals surface area (Å²) < 4.78 is 5.26. The Labute approximate surface area is 119 Å². The van der Waals surface area contributed by atoms with Gasteiger partial charge in [0.1, 0.15) is 5.60 Å². The van der Waals surface area contributed by atoms with Crippen LogP contribution in [0.3, 0.4) is 0 Å². The first-order chi connectivity index (χ1) is 8.89. The highest BCUT2D eigenvalue weighted by Gasteiger charge is 2.18. The Morgan fingerprint density at radius 2 is 1.79 bits per heavy atom. The zero-order valence-electron chi connectivity index (χ0n) is 13.9. The SMILES string of the molecule is CC.CCCC(CCCNC)NC(=O)OC(C)(C)C. The Morgan fingerprint density at radius 3 is 2.21 bits per heavy atom. The third-order valence-corrected chi connectivity index (χ3v) is 2.34. The first-order valence-corrected chi connectivity index (χ1v) is 7.53. The van der Waals surface area contributed by atoms with Crippen molar-refractivity contribution in [1.29, 1.82) is 0 Å². The van der Waals surface area contributed by atoms with Gasteiger partial charge in [0.15, 0.2) is 0 Å². The zero-order valence-corrected chi connectivity index (χ0v) is 13.9. The summed E-state index contributed by atoms with van der Waals surface area (Å²) in [7, 11) is 1.94. The van der Waals surface area contributed by atoms with Crippen molar-refractivity contribution < 1.29 is 9.53 Å². The highest BCUT2D eigenvalue weighted by atomic mass is 16.6. The summed E-state index contributed by atoms with van der Waals surface area (Å²) in [6.45, 7) is 12.7. The minimum Gasteiger partial charge on any atom is -0.444 e. The maximum atomic E-state index is 11.6. The number of nitrogens with one attached hydrogen (secondary N) is 2. The lowest BCUT2D eigenvalue weighted by Crippen LogP contribution is -2.39. The minimum absolute atomic E-state index is 0.225. The molecule has 0 fully saturated rings. The fourth-order valence-electron chi connectivity index (χ4n) is 1.64. The monoisotopic (exact) mass is 274 g/mol. The lowest BCUT2D eigenvalue weighted by Gasteiger charge is -2.23. The van der Waals surface area contributed by atoms with Crippen molar-refractivity contribution in [3.8, 4) is 0 Å². The van der Waals surface area contributed by atoms with Gasteiger partial charge in [0, 0.05) is 6.04 Å². The number of carbonyl (C=O) groups is 1. The third kappa shape index (κ3) is 15.2. The molecule has 0 aliphatic rings. The number of amides is 1. The van der Waals surface area contributed by atoms with E-state index in [1.807, 2.05) is 41.7 Å². The Hall–Kier alpha value is -0.770. The van der Waals surface area contributed by atoms with Crippen LogP contribution in [0.15, 0.2) is 0 Å². The van der Waals surface area contributed by atoms with E-state index in [4.69, 9.17) is 4.74 Å². The van der Waals surface area contributed by atoms with Crippen LogP contribution in [0.1, 0.15) is 67.2 Å². The number of ether oxygens (including phenoxy) is 1. The van der Waals surface area contributed by atoms with Crippen LogP contribution in [0.2, 0.25) is 0 Å². The van der Waals surface area contributed by atoms with Crippen LogP contribution in [0.5, 0.6) is 0 Å². The summed E-state index contributed by atoms with van der Waals surface area (Å²) >= 11 is 0. The molecule has 0 spiro atoms. The molecule has 0 radical (unpaired) electrons. The lowest BCUT2D eigenvalue weighted by molar-refractivity contribution is 0.0498. The molecule has 0 aliphatic carbocycles. The minimum atomic E-state index is -0.425. The Kier molecular flexibility index (Phi) is 13.3. The van der Waals surface area contributed by atoms with Crippen molar-refractivity contribution in [3.05, 3.63) is 0 Å². The molecule has 0 saturated heterocycles. The number of carbonyl (C=O) groups excluding carboxylic acids is 1. The molecule has 0 bridgehead atoms. The van der Waals surface area contributed by atoms with Crippen molar-refractivity contribution in [2.75, 3.05) is 13.6 Å². The average molecular weight is 274 g/mol. The van der Waals surface area contributed by atoms with Gasteiger partial charge in [0.25, 0.3) is 0 Å². The molecule has 0 aromatic carbocycles. The molecular weight excluding hydrogens is 240 g/mol. The van der Waals surface area contributed by atoms with Crippen molar-refractivity contribution in [2.24, 2.45) is 0 Å². The maximum absolute atomic E-state index is 11.6. The van der Waals surface area contributed by atoms with Gasteiger partial charge >= 0.3 is 6.09 Å². The normalized spacial score (nSPS) is 12.2. The van der Waals surface area contributed by atoms with Crippen LogP contribution < -0.4 is 10.6 Å². The molecule has 1 unspecified atom stereocenters. The van der Waals surface area contributed by atoms with Crippen molar-refractivity contribution in [2.45, 2.75) is 78.9 Å². The average Bonchev–Trinajstić information content (AvgIpc) is 2.29. The van der Waals surface area contributed by atoms with Crippen molar-refractivity contribution in [1.82, 2.24) is 10.6 Å². The third-order valence-electron chi connectivity index (χ3n) is 2.34. The van der Waals surface area contributed by atoms with Crippen LogP contribution >= 0.6 is 0 Å². The molecule has 1 atom stereocenters. The fourth-order valence-corrected chi connectivity index (χ4v) is 1.64. The molecule has 0 aromatic rings. The van der Waals surface area contributed by atoms with Gasteiger partial charge in [-0.2, -0.15) is 0 Å². The van der Waals surface area contributed by atoms with E-state index in [0.29, 0.717) is 0 Å². The van der Waals surface area contributed by atoms with Gasteiger partial charge in [0.2, 0.25) is 0 Å². The van der Waals surface area contributed by atoms with E-state index in [1.54, 1.807) is 0 Å². The molecule has 0 aliphatic heterocycles. The first-order valence-electron chi connectivity index (χ1n) is 7.53. The molecule has 0 aromatic heterocycles. The summed E-state index contributed by atoms with van der Waals surface area (Å²) in [5, 5.41) is 6.06. The Morgan fingerprint density at radius 1 is 1.21 bits per heavy atom. The predicted octanol–water partition coefficient (Wildman–Crippen LogP) is 3.71. The molecule has 116 valence electrons. The van der Waals surface area contributed by atoms with Gasteiger partial charge in [-0.15, -0.1) is 0 Å². The van der Waals surface area contributed by atoms with Crippen LogP contribution in [0.25, 0.3) is 0 Å². The van der Waals surface area contributed by atoms with E-state index in [1.165, 1.54) is 0 Å². The quantitative estimate of drug-likeness (QED) is 0.696. The van der Waals surface area contributed by atoms with Crippen LogP contribution in [-0.4, -0.2) is 31.3 Å². The molecule has 0 saturated carbocycles. The second kappa shape index (κ2) is 12.3. The second-order valence-electron chi connectivity index (χ2n) is 5.38. The van der Waals surface area contributed by atoms with Crippen LogP contribution in [-0.2, 0) is 4.74 Å². The van der Waals surface area contributed by atoms with E-state index in [-0.39, 0.29) is 12.1 Å². The molecule has 0 heterocycles. The van der Waals surface area contributed by atoms with Gasteiger partial charge in [-0.05, 0) is 53.6 Å². The summed E-state index contributed by atoms with van der Waals surface area (Å²) in [6, 6.07) is 0.225. The molecule has 19 heavy (non-hydrogen) atoms. The second-order valence-corrected chi connectivity index (χ2v) is 5.38. The predicted molar refractivity (Wildman–Crippen MR) is 82.6 cm³/mol. The standard InChI is InChI=1S/C13H28N2O2.C2H6/c1-6-8-11(9-7-10-14-5)15-12(16)17-13(2,3)4;1-2/h11,14H,6-10H2,1-5H3,(H,15,16);1-2H3. The topological polar surface area (TPSA) is 50.4 Å². The van der Waals surface area contributed by atoms with E-state index in [2.05, 4.69) is 17.6 Å². The van der Waals surface area contributed by atoms with Crippen LogP contribution in [0.4, 0.5) is 4.79 Å². The summed E-state index contributed by atoms with van der Waals surface area (Å²) in [5.74, 6) is 0. The van der Waals surface area contributed by atoms with Crippen molar-refractivity contribution >= 4 is 6.09 Å². The number of hydrogen-bond acceptors (Lipinski definition) is 3. The molecule has 1 amide bonds. The molecule has 4 nitrogen and oxygen atoms in total. The van der Waals surface area contributed by atoms with E-state index in [9.17, 15) is 4.79 Å². The maximum Gasteiger partial charge on any atom is 0.407 e. The number of rotatable bonds is 7. The van der Waals surface area contributed by atoms with Gasteiger partial charge in [-0.3, -0.25) is 0 Å². The van der Waals surface area contributed by atoms with Gasteiger partial charge in [0.05, 0.1) is 0 Å². The van der Waals surface area contributed by atoms with Gasteiger partial charge in [-0.1, -0.05) is 27.2 Å². The van der Waals surface area contributed by atoms with Crippen LogP contribution in [0, 0.1) is 0 Å². The molecule has 0 rings (SSSR count). The lowest BCUT2D eigenvalue weighted by atomic mass is 10.1. The summed E-state index contributed by atoms with van der Waals surface area (Å²) in [5.41, 5.74) is -0.425. The Balaban J connectivity index is 0.